The summed E-state index contributed by atoms with van der Waals surface area (Å²) in [5.74, 6) is 5.57. The normalized spacial score (nSPS) is 13.2. The Balaban J connectivity index is 0.852. The lowest BCUT2D eigenvalue weighted by molar-refractivity contribution is -0.140. The summed E-state index contributed by atoms with van der Waals surface area (Å²) < 4.78 is 44.2. The topological polar surface area (TPSA) is 143 Å². The Bertz CT molecular complexity index is 2440. The first-order valence-corrected chi connectivity index (χ1v) is 19.9. The highest BCUT2D eigenvalue weighted by molar-refractivity contribution is 5.97. The number of nitrogens with one attached hydrogen (secondary N) is 5. The van der Waals surface area contributed by atoms with Crippen LogP contribution in [0, 0.1) is 11.8 Å². The zero-order valence-electron chi connectivity index (χ0n) is 32.7. The number of nitrogen functional groups attached to an aromatic ring is 1. The van der Waals surface area contributed by atoms with Gasteiger partial charge >= 0.3 is 6.18 Å². The maximum absolute atomic E-state index is 13.6. The third-order valence-electron chi connectivity index (χ3n) is 10.4. The number of benzene rings is 3. The number of rotatable bonds is 15. The number of hydrogen-bond acceptors (Lipinski definition) is 7. The summed E-state index contributed by atoms with van der Waals surface area (Å²) in [5, 5.41) is 17.6. The molecule has 0 unspecified atom stereocenters. The first kappa shape index (κ1) is 40.7. The molecule has 1 fully saturated rings. The van der Waals surface area contributed by atoms with Crippen LogP contribution in [0.25, 0.3) is 21.9 Å². The molecule has 3 aromatic carbocycles. The second-order valence-corrected chi connectivity index (χ2v) is 14.7. The summed E-state index contributed by atoms with van der Waals surface area (Å²) >= 11 is 0. The number of fused-ring (bicyclic) bond motifs is 2. The monoisotopic (exact) mass is 803 g/mol. The van der Waals surface area contributed by atoms with Gasteiger partial charge < -0.3 is 41.5 Å². The van der Waals surface area contributed by atoms with Gasteiger partial charge in [0.15, 0.2) is 0 Å². The molecule has 306 valence electrons. The van der Waals surface area contributed by atoms with Crippen LogP contribution in [0.15, 0.2) is 97.3 Å². The number of nitrogens with two attached hydrogens (primary N) is 1. The SMILES string of the molecule is Nc1ccc(CCNC(=O)c2cnc3c(ccn3CCCCNC(=O)c3ccc(NCC#Cc4cc5c(NC6CCNCC6)cccc5n4CC(F)(F)F)cc3)c2)cc1. The smallest absolute Gasteiger partial charge is 0.399 e. The largest absolute Gasteiger partial charge is 0.406 e. The van der Waals surface area contributed by atoms with Crippen molar-refractivity contribution in [2.24, 2.45) is 0 Å². The van der Waals surface area contributed by atoms with Crippen molar-refractivity contribution in [1.29, 1.82) is 0 Å². The Hall–Kier alpha value is -6.46. The lowest BCUT2D eigenvalue weighted by Gasteiger charge is -2.25. The van der Waals surface area contributed by atoms with Gasteiger partial charge in [0.25, 0.3) is 11.8 Å². The predicted molar refractivity (Wildman–Crippen MR) is 228 cm³/mol. The van der Waals surface area contributed by atoms with E-state index in [0.29, 0.717) is 59.5 Å². The molecule has 0 aliphatic carbocycles. The number of halogens is 3. The van der Waals surface area contributed by atoms with Crippen LogP contribution in [-0.2, 0) is 19.5 Å². The van der Waals surface area contributed by atoms with Gasteiger partial charge in [0.05, 0.1) is 23.3 Å². The van der Waals surface area contributed by atoms with Gasteiger partial charge in [0, 0.05) is 71.5 Å². The molecule has 1 aliphatic rings. The number of aromatic nitrogens is 3. The van der Waals surface area contributed by atoms with Gasteiger partial charge in [0.2, 0.25) is 0 Å². The number of pyridine rings is 1. The molecule has 14 heteroatoms. The molecular weight excluding hydrogens is 756 g/mol. The van der Waals surface area contributed by atoms with Gasteiger partial charge in [-0.25, -0.2) is 4.98 Å². The van der Waals surface area contributed by atoms with E-state index in [-0.39, 0.29) is 24.4 Å². The van der Waals surface area contributed by atoms with E-state index in [0.717, 1.165) is 66.7 Å². The van der Waals surface area contributed by atoms with Crippen molar-refractivity contribution in [3.8, 4) is 11.8 Å². The molecule has 7 rings (SSSR count). The van der Waals surface area contributed by atoms with Crippen LogP contribution in [0.2, 0.25) is 0 Å². The van der Waals surface area contributed by atoms with E-state index in [1.54, 1.807) is 48.7 Å². The van der Waals surface area contributed by atoms with E-state index in [9.17, 15) is 22.8 Å². The highest BCUT2D eigenvalue weighted by Crippen LogP contribution is 2.31. The van der Waals surface area contributed by atoms with Crippen molar-refractivity contribution in [3.05, 3.63) is 120 Å². The molecule has 6 aromatic rings. The summed E-state index contributed by atoms with van der Waals surface area (Å²) in [7, 11) is 0. The number of piperidine rings is 1. The second kappa shape index (κ2) is 18.9. The Kier molecular flexibility index (Phi) is 13.0. The van der Waals surface area contributed by atoms with Gasteiger partial charge in [-0.15, -0.1) is 0 Å². The van der Waals surface area contributed by atoms with E-state index in [4.69, 9.17) is 5.73 Å². The van der Waals surface area contributed by atoms with Gasteiger partial charge in [-0.2, -0.15) is 13.2 Å². The van der Waals surface area contributed by atoms with Gasteiger partial charge in [-0.1, -0.05) is 24.1 Å². The van der Waals surface area contributed by atoms with E-state index in [2.05, 4.69) is 43.4 Å². The Morgan fingerprint density at radius 3 is 2.44 bits per heavy atom. The number of amides is 2. The van der Waals surface area contributed by atoms with Crippen molar-refractivity contribution in [3.63, 3.8) is 0 Å². The van der Waals surface area contributed by atoms with Gasteiger partial charge in [-0.3, -0.25) is 9.59 Å². The van der Waals surface area contributed by atoms with Crippen molar-refractivity contribution >= 4 is 50.8 Å². The van der Waals surface area contributed by atoms with E-state index >= 15 is 0 Å². The zero-order valence-corrected chi connectivity index (χ0v) is 32.7. The van der Waals surface area contributed by atoms with Crippen LogP contribution in [0.4, 0.5) is 30.2 Å². The number of unbranched alkanes of at least 4 members (excludes halogenated alkanes) is 1. The number of carbonyl (C=O) groups is 2. The summed E-state index contributed by atoms with van der Waals surface area (Å²) in [6.45, 7) is 2.59. The molecule has 2 amide bonds. The molecule has 0 bridgehead atoms. The number of carbonyl (C=O) groups excluding carboxylic acids is 2. The van der Waals surface area contributed by atoms with E-state index < -0.39 is 12.7 Å². The van der Waals surface area contributed by atoms with Crippen molar-refractivity contribution in [1.82, 2.24) is 30.1 Å². The molecule has 59 heavy (non-hydrogen) atoms. The molecular formula is C45H48F3N9O2. The van der Waals surface area contributed by atoms with Crippen LogP contribution in [-0.4, -0.2) is 70.9 Å². The molecule has 7 N–H and O–H groups in total. The zero-order chi connectivity index (χ0) is 41.2. The summed E-state index contributed by atoms with van der Waals surface area (Å²) in [4.78, 5) is 30.1. The third-order valence-corrected chi connectivity index (χ3v) is 10.4. The number of alkyl halides is 3. The molecule has 0 saturated carbocycles. The Morgan fingerprint density at radius 2 is 1.66 bits per heavy atom. The fourth-order valence-corrected chi connectivity index (χ4v) is 7.27. The minimum Gasteiger partial charge on any atom is -0.399 e. The Labute approximate surface area is 340 Å². The summed E-state index contributed by atoms with van der Waals surface area (Å²) in [5.41, 5.74) is 11.7. The fourth-order valence-electron chi connectivity index (χ4n) is 7.27. The van der Waals surface area contributed by atoms with Crippen LogP contribution in [0.3, 0.4) is 0 Å². The van der Waals surface area contributed by atoms with Crippen molar-refractivity contribution in [2.45, 2.75) is 57.4 Å². The second-order valence-electron chi connectivity index (χ2n) is 14.7. The summed E-state index contributed by atoms with van der Waals surface area (Å²) in [6.07, 6.45) is 3.31. The average Bonchev–Trinajstić information content (AvgIpc) is 3.80. The molecule has 11 nitrogen and oxygen atoms in total. The number of hydrogen-bond donors (Lipinski definition) is 6. The molecule has 1 aliphatic heterocycles. The van der Waals surface area contributed by atoms with Crippen molar-refractivity contribution in [2.75, 3.05) is 49.1 Å². The van der Waals surface area contributed by atoms with Crippen LogP contribution >= 0.6 is 0 Å². The first-order chi connectivity index (χ1) is 28.6. The third kappa shape index (κ3) is 10.9. The van der Waals surface area contributed by atoms with Crippen LogP contribution < -0.4 is 32.3 Å². The first-order valence-electron chi connectivity index (χ1n) is 19.9. The molecule has 0 spiro atoms. The molecule has 1 saturated heterocycles. The minimum absolute atomic E-state index is 0.171. The van der Waals surface area contributed by atoms with Crippen LogP contribution in [0.5, 0.6) is 0 Å². The van der Waals surface area contributed by atoms with Crippen molar-refractivity contribution < 1.29 is 22.8 Å². The Morgan fingerprint density at radius 1 is 0.898 bits per heavy atom. The van der Waals surface area contributed by atoms with Crippen LogP contribution in [0.1, 0.15) is 57.7 Å². The van der Waals surface area contributed by atoms with Gasteiger partial charge in [-0.05, 0) is 123 Å². The number of nitrogens with zero attached hydrogens (tertiary/aromatic N) is 3. The number of aryl methyl sites for hydroxylation is 1. The molecule has 4 heterocycles. The quantitative estimate of drug-likeness (QED) is 0.0375. The standard InChI is InChI=1S/C45H48F3N9O2/c46-45(47,48)30-57-38(28-39-40(6-3-7-41(39)57)55-37-17-22-50-23-18-37)5-4-21-51-36-14-10-32(11-15-36)43(58)52-20-1-2-25-56-26-19-33-27-34(29-54-42(33)56)44(59)53-24-16-31-8-12-35(49)13-9-31/h3,6-15,19,26-29,37,50-51,55H,1-2,16-18,20-25,30,49H2,(H,52,58)(H,53,59). The average molecular weight is 804 g/mol. The maximum atomic E-state index is 13.6. The van der Waals surface area contributed by atoms with Gasteiger partial charge in [0.1, 0.15) is 12.2 Å². The maximum Gasteiger partial charge on any atom is 0.406 e. The lowest BCUT2D eigenvalue weighted by atomic mass is 10.1. The van der Waals surface area contributed by atoms with E-state index in [1.807, 2.05) is 53.2 Å². The molecule has 0 radical (unpaired) electrons. The number of anilines is 3. The lowest BCUT2D eigenvalue weighted by Crippen LogP contribution is -2.35. The molecule has 0 atom stereocenters. The highest BCUT2D eigenvalue weighted by Gasteiger charge is 2.30. The fraction of sp³-hybridized carbons (Fsp3) is 0.311. The van der Waals surface area contributed by atoms with E-state index in [1.165, 1.54) is 4.57 Å². The predicted octanol–water partition coefficient (Wildman–Crippen LogP) is 6.95. The summed E-state index contributed by atoms with van der Waals surface area (Å²) in [6, 6.07) is 25.7. The highest BCUT2D eigenvalue weighted by atomic mass is 19.4. The minimum atomic E-state index is -4.41. The molecule has 3 aromatic heterocycles.